The molecule has 2 aromatic rings. The lowest BCUT2D eigenvalue weighted by atomic mass is 10.1. The minimum absolute atomic E-state index is 0.187. The number of methoxy groups -OCH3 is 1. The highest BCUT2D eigenvalue weighted by Gasteiger charge is 2.44. The van der Waals surface area contributed by atoms with Crippen molar-refractivity contribution in [3.63, 3.8) is 0 Å². The van der Waals surface area contributed by atoms with E-state index in [4.69, 9.17) is 14.2 Å². The molecule has 2 saturated heterocycles. The Morgan fingerprint density at radius 3 is 2.38 bits per heavy atom. The second kappa shape index (κ2) is 10.2. The van der Waals surface area contributed by atoms with Gasteiger partial charge in [-0.15, -0.1) is 0 Å². The summed E-state index contributed by atoms with van der Waals surface area (Å²) in [6.45, 7) is 6.54. The van der Waals surface area contributed by atoms with E-state index >= 15 is 0 Å². The zero-order valence-corrected chi connectivity index (χ0v) is 20.6. The van der Waals surface area contributed by atoms with Gasteiger partial charge in [-0.3, -0.25) is 0 Å². The molecule has 0 aliphatic carbocycles. The largest absolute Gasteiger partial charge is 0.493 e. The van der Waals surface area contributed by atoms with E-state index in [0.29, 0.717) is 50.0 Å². The highest BCUT2D eigenvalue weighted by atomic mass is 32.2. The molecule has 2 aliphatic rings. The van der Waals surface area contributed by atoms with Crippen LogP contribution in [-0.4, -0.2) is 81.7 Å². The van der Waals surface area contributed by atoms with Gasteiger partial charge in [-0.1, -0.05) is 23.8 Å². The molecule has 0 saturated carbocycles. The zero-order valence-electron chi connectivity index (χ0n) is 19.8. The fourth-order valence-corrected chi connectivity index (χ4v) is 5.88. The quantitative estimate of drug-likeness (QED) is 0.620. The first-order valence-corrected chi connectivity index (χ1v) is 12.8. The van der Waals surface area contributed by atoms with Crippen LogP contribution >= 0.6 is 0 Å². The molecule has 10 heteroatoms. The van der Waals surface area contributed by atoms with Gasteiger partial charge in [0.15, 0.2) is 11.5 Å². The van der Waals surface area contributed by atoms with E-state index in [1.54, 1.807) is 59.4 Å². The summed E-state index contributed by atoms with van der Waals surface area (Å²) in [5.41, 5.74) is 1.61. The first kappa shape index (κ1) is 24.3. The van der Waals surface area contributed by atoms with Crippen LogP contribution < -0.4 is 9.47 Å². The normalized spacial score (nSPS) is 19.3. The molecular formula is C24H31N3O6S. The Morgan fingerprint density at radius 1 is 1.03 bits per heavy atom. The molecule has 2 amide bonds. The number of sulfonamides is 1. The molecule has 4 rings (SSSR count). The molecule has 0 N–H and O–H groups in total. The molecule has 2 heterocycles. The summed E-state index contributed by atoms with van der Waals surface area (Å²) >= 11 is 0. The van der Waals surface area contributed by atoms with Crippen LogP contribution in [-0.2, 0) is 14.8 Å². The number of aryl methyl sites for hydroxylation is 1. The molecule has 0 spiro atoms. The van der Waals surface area contributed by atoms with E-state index < -0.39 is 16.2 Å². The summed E-state index contributed by atoms with van der Waals surface area (Å²) in [6, 6.07) is 11.8. The van der Waals surface area contributed by atoms with Crippen molar-refractivity contribution >= 4 is 16.1 Å². The number of carbonyl (C=O) groups excluding carboxylic acids is 1. The highest BCUT2D eigenvalue weighted by molar-refractivity contribution is 7.89. The van der Waals surface area contributed by atoms with Crippen LogP contribution in [0, 0.1) is 6.92 Å². The number of carbonyl (C=O) groups is 1. The van der Waals surface area contributed by atoms with E-state index in [1.807, 2.05) is 13.8 Å². The first-order chi connectivity index (χ1) is 16.4. The summed E-state index contributed by atoms with van der Waals surface area (Å²) in [5, 5.41) is 0. The third kappa shape index (κ3) is 4.70. The average Bonchev–Trinajstić information content (AvgIpc) is 3.31. The predicted octanol–water partition coefficient (Wildman–Crippen LogP) is 2.86. The molecule has 2 aliphatic heterocycles. The van der Waals surface area contributed by atoms with Crippen molar-refractivity contribution in [1.29, 1.82) is 0 Å². The Hall–Kier alpha value is -2.82. The maximum atomic E-state index is 13.7. The van der Waals surface area contributed by atoms with E-state index in [0.717, 1.165) is 5.56 Å². The van der Waals surface area contributed by atoms with Gasteiger partial charge in [0.1, 0.15) is 6.17 Å². The number of nitrogens with zero attached hydrogens (tertiary/aromatic N) is 3. The molecule has 0 unspecified atom stereocenters. The van der Waals surface area contributed by atoms with Gasteiger partial charge in [0.05, 0.1) is 31.8 Å². The fraction of sp³-hybridized carbons (Fsp3) is 0.458. The van der Waals surface area contributed by atoms with Gasteiger partial charge in [-0.25, -0.2) is 13.2 Å². The van der Waals surface area contributed by atoms with Gasteiger partial charge in [0.25, 0.3) is 0 Å². The summed E-state index contributed by atoms with van der Waals surface area (Å²) < 4.78 is 45.3. The molecule has 34 heavy (non-hydrogen) atoms. The molecule has 0 radical (unpaired) electrons. The molecular weight excluding hydrogens is 458 g/mol. The number of hydrogen-bond donors (Lipinski definition) is 0. The Kier molecular flexibility index (Phi) is 7.30. The second-order valence-electron chi connectivity index (χ2n) is 8.22. The van der Waals surface area contributed by atoms with Crippen molar-refractivity contribution < 1.29 is 27.4 Å². The van der Waals surface area contributed by atoms with Crippen molar-refractivity contribution in [2.75, 3.05) is 53.1 Å². The van der Waals surface area contributed by atoms with Crippen molar-refractivity contribution in [3.8, 4) is 11.5 Å². The van der Waals surface area contributed by atoms with Gasteiger partial charge in [0, 0.05) is 26.2 Å². The summed E-state index contributed by atoms with van der Waals surface area (Å²) in [4.78, 5) is 17.0. The summed E-state index contributed by atoms with van der Waals surface area (Å²) in [5.74, 6) is 1.04. The maximum Gasteiger partial charge on any atom is 0.321 e. The molecule has 9 nitrogen and oxygen atoms in total. The van der Waals surface area contributed by atoms with Crippen LogP contribution in [0.25, 0.3) is 0 Å². The Morgan fingerprint density at radius 2 is 1.74 bits per heavy atom. The number of morpholine rings is 1. The fourth-order valence-electron chi connectivity index (χ4n) is 4.31. The number of benzene rings is 2. The van der Waals surface area contributed by atoms with Crippen LogP contribution in [0.4, 0.5) is 4.79 Å². The number of urea groups is 1. The monoisotopic (exact) mass is 489 g/mol. The van der Waals surface area contributed by atoms with E-state index in [9.17, 15) is 13.2 Å². The van der Waals surface area contributed by atoms with Crippen molar-refractivity contribution in [3.05, 3.63) is 53.6 Å². The molecule has 0 bridgehead atoms. The average molecular weight is 490 g/mol. The van der Waals surface area contributed by atoms with Crippen LogP contribution in [0.5, 0.6) is 11.5 Å². The van der Waals surface area contributed by atoms with E-state index in [1.165, 1.54) is 4.31 Å². The lowest BCUT2D eigenvalue weighted by molar-refractivity contribution is 0.0400. The Labute approximate surface area is 200 Å². The SMILES string of the molecule is CCOc1cc([C@@H]2N(C(=O)N3CCOCC3)CCN2S(=O)(=O)c2ccc(C)cc2)ccc1OC. The number of hydrogen-bond acceptors (Lipinski definition) is 6. The molecule has 1 atom stereocenters. The second-order valence-corrected chi connectivity index (χ2v) is 10.1. The number of ether oxygens (including phenoxy) is 3. The maximum absolute atomic E-state index is 13.7. The van der Waals surface area contributed by atoms with Crippen LogP contribution in [0.1, 0.15) is 24.2 Å². The van der Waals surface area contributed by atoms with Crippen molar-refractivity contribution in [2.45, 2.75) is 24.9 Å². The topological polar surface area (TPSA) is 88.6 Å². The predicted molar refractivity (Wildman–Crippen MR) is 126 cm³/mol. The van der Waals surface area contributed by atoms with E-state index in [2.05, 4.69) is 0 Å². The number of amides is 2. The summed E-state index contributed by atoms with van der Waals surface area (Å²) in [7, 11) is -2.32. The lowest BCUT2D eigenvalue weighted by Crippen LogP contribution is -2.49. The van der Waals surface area contributed by atoms with Crippen LogP contribution in [0.2, 0.25) is 0 Å². The molecule has 0 aromatic heterocycles. The molecule has 2 aromatic carbocycles. The lowest BCUT2D eigenvalue weighted by Gasteiger charge is -2.35. The molecule has 184 valence electrons. The minimum Gasteiger partial charge on any atom is -0.493 e. The standard InChI is InChI=1S/C24H31N3O6S/c1-4-33-22-17-19(7-10-21(22)31-3)23-26(24(28)25-13-15-32-16-14-25)11-12-27(23)34(29,30)20-8-5-18(2)6-9-20/h5-10,17,23H,4,11-16H2,1-3H3/t23-/m1/s1. The third-order valence-electron chi connectivity index (χ3n) is 6.07. The van der Waals surface area contributed by atoms with E-state index in [-0.39, 0.29) is 24.0 Å². The minimum atomic E-state index is -3.87. The third-order valence-corrected chi connectivity index (χ3v) is 7.94. The van der Waals surface area contributed by atoms with Crippen LogP contribution in [0.15, 0.2) is 47.4 Å². The molecule has 2 fully saturated rings. The summed E-state index contributed by atoms with van der Waals surface area (Å²) in [6.07, 6.45) is -0.813. The van der Waals surface area contributed by atoms with Gasteiger partial charge in [0.2, 0.25) is 10.0 Å². The van der Waals surface area contributed by atoms with Gasteiger partial charge in [-0.2, -0.15) is 4.31 Å². The van der Waals surface area contributed by atoms with Crippen molar-refractivity contribution in [2.24, 2.45) is 0 Å². The first-order valence-electron chi connectivity index (χ1n) is 11.4. The van der Waals surface area contributed by atoms with Gasteiger partial charge >= 0.3 is 6.03 Å². The van der Waals surface area contributed by atoms with Gasteiger partial charge in [-0.05, 0) is 43.7 Å². The van der Waals surface area contributed by atoms with Crippen LogP contribution in [0.3, 0.4) is 0 Å². The van der Waals surface area contributed by atoms with Gasteiger partial charge < -0.3 is 24.0 Å². The van der Waals surface area contributed by atoms with Crippen molar-refractivity contribution in [1.82, 2.24) is 14.1 Å². The Bertz CT molecular complexity index is 1120. The Balaban J connectivity index is 1.76. The highest BCUT2D eigenvalue weighted by Crippen LogP contribution is 2.39. The smallest absolute Gasteiger partial charge is 0.321 e. The number of rotatable bonds is 6. The zero-order chi connectivity index (χ0) is 24.3.